The highest BCUT2D eigenvalue weighted by atomic mass is 35.5. The first-order valence-corrected chi connectivity index (χ1v) is 11.8. The molecule has 174 valence electrons. The maximum absolute atomic E-state index is 12.6. The fourth-order valence-corrected chi connectivity index (χ4v) is 4.54. The Bertz CT molecular complexity index is 1150. The number of aromatic nitrogens is 2. The summed E-state index contributed by atoms with van der Waals surface area (Å²) in [5.41, 5.74) is 4.25. The summed E-state index contributed by atoms with van der Waals surface area (Å²) >= 11 is 12.7. The highest BCUT2D eigenvalue weighted by molar-refractivity contribution is 6.36. The summed E-state index contributed by atoms with van der Waals surface area (Å²) in [6.45, 7) is 6.65. The van der Waals surface area contributed by atoms with Crippen LogP contribution in [0.2, 0.25) is 10.0 Å². The molecule has 0 atom stereocenters. The third kappa shape index (κ3) is 5.52. The number of H-pyrrole nitrogens is 1. The Morgan fingerprint density at radius 2 is 1.67 bits per heavy atom. The minimum absolute atomic E-state index is 0.157. The van der Waals surface area contributed by atoms with Crippen LogP contribution in [0.5, 0.6) is 0 Å². The van der Waals surface area contributed by atoms with Crippen LogP contribution < -0.4 is 15.4 Å². The molecule has 1 fully saturated rings. The van der Waals surface area contributed by atoms with E-state index in [4.69, 9.17) is 28.2 Å². The molecule has 0 aliphatic carbocycles. The van der Waals surface area contributed by atoms with Gasteiger partial charge in [-0.05, 0) is 49.4 Å². The van der Waals surface area contributed by atoms with E-state index in [2.05, 4.69) is 46.1 Å². The van der Waals surface area contributed by atoms with Gasteiger partial charge < -0.3 is 14.7 Å². The Hall–Kier alpha value is -2.54. The van der Waals surface area contributed by atoms with Crippen LogP contribution in [0.1, 0.15) is 22.4 Å². The number of anilines is 2. The Labute approximate surface area is 204 Å². The van der Waals surface area contributed by atoms with E-state index >= 15 is 0 Å². The van der Waals surface area contributed by atoms with Gasteiger partial charge in [0.15, 0.2) is 0 Å². The van der Waals surface area contributed by atoms with E-state index in [9.17, 15) is 4.79 Å². The van der Waals surface area contributed by atoms with Gasteiger partial charge in [0, 0.05) is 67.5 Å². The van der Waals surface area contributed by atoms with E-state index in [0.29, 0.717) is 40.2 Å². The van der Waals surface area contributed by atoms with Gasteiger partial charge in [-0.15, -0.1) is 0 Å². The van der Waals surface area contributed by atoms with Crippen molar-refractivity contribution in [3.63, 3.8) is 0 Å². The average Bonchev–Trinajstić information content (AvgIpc) is 2.80. The Kier molecular flexibility index (Phi) is 7.27. The lowest BCUT2D eigenvalue weighted by Gasteiger charge is -2.34. The molecule has 0 spiro atoms. The Morgan fingerprint density at radius 3 is 2.30 bits per heavy atom. The second kappa shape index (κ2) is 10.2. The van der Waals surface area contributed by atoms with Gasteiger partial charge in [-0.3, -0.25) is 9.78 Å². The zero-order chi connectivity index (χ0) is 23.5. The molecule has 1 aliphatic heterocycles. The number of nitrogens with one attached hydrogen (secondary N) is 1. The van der Waals surface area contributed by atoms with Crippen molar-refractivity contribution in [1.82, 2.24) is 14.9 Å². The van der Waals surface area contributed by atoms with Gasteiger partial charge in [0.2, 0.25) is 5.95 Å². The van der Waals surface area contributed by atoms with Gasteiger partial charge in [-0.2, -0.15) is 0 Å². The van der Waals surface area contributed by atoms with Crippen LogP contribution in [-0.4, -0.2) is 55.1 Å². The van der Waals surface area contributed by atoms with Gasteiger partial charge in [-0.1, -0.05) is 41.4 Å². The second-order valence-corrected chi connectivity index (χ2v) is 9.47. The molecule has 1 saturated heterocycles. The van der Waals surface area contributed by atoms with Crippen molar-refractivity contribution >= 4 is 34.8 Å². The van der Waals surface area contributed by atoms with Crippen LogP contribution in [0.3, 0.4) is 0 Å². The standard InChI is InChI=1S/C25H29Cl2N5O/c1-17-23(15-20-21(26)5-4-6-22(20)27)28-25(29-24(17)33)31(3)16-18-7-9-19(10-8-18)32-13-11-30(2)12-14-32/h4-10H,11-16H2,1-3H3,(H,28,29,33). The molecule has 0 amide bonds. The average molecular weight is 486 g/mol. The second-order valence-electron chi connectivity index (χ2n) is 8.65. The normalized spacial score (nSPS) is 14.5. The molecule has 0 saturated carbocycles. The topological polar surface area (TPSA) is 55.5 Å². The number of aromatic amines is 1. The van der Waals surface area contributed by atoms with Gasteiger partial charge in [0.05, 0.1) is 5.69 Å². The number of likely N-dealkylation sites (N-methyl/N-ethyl adjacent to an activating group) is 1. The van der Waals surface area contributed by atoms with Crippen molar-refractivity contribution in [2.45, 2.75) is 19.9 Å². The molecule has 6 nitrogen and oxygen atoms in total. The van der Waals surface area contributed by atoms with Gasteiger partial charge in [0.25, 0.3) is 5.56 Å². The molecule has 33 heavy (non-hydrogen) atoms. The monoisotopic (exact) mass is 485 g/mol. The summed E-state index contributed by atoms with van der Waals surface area (Å²) in [4.78, 5) is 27.0. The summed E-state index contributed by atoms with van der Waals surface area (Å²) in [6.07, 6.45) is 0.398. The maximum atomic E-state index is 12.6. The van der Waals surface area contributed by atoms with E-state index in [-0.39, 0.29) is 5.56 Å². The van der Waals surface area contributed by atoms with Crippen molar-refractivity contribution in [1.29, 1.82) is 0 Å². The lowest BCUT2D eigenvalue weighted by Crippen LogP contribution is -2.44. The molecule has 2 aromatic carbocycles. The lowest BCUT2D eigenvalue weighted by molar-refractivity contribution is 0.313. The van der Waals surface area contributed by atoms with E-state index in [1.54, 1.807) is 25.1 Å². The molecule has 8 heteroatoms. The highest BCUT2D eigenvalue weighted by Crippen LogP contribution is 2.27. The SMILES string of the molecule is Cc1c(Cc2c(Cl)cccc2Cl)nc(N(C)Cc2ccc(N3CCN(C)CC3)cc2)[nH]c1=O. The predicted octanol–water partition coefficient (Wildman–Crippen LogP) is 4.36. The largest absolute Gasteiger partial charge is 0.369 e. The van der Waals surface area contributed by atoms with Gasteiger partial charge >= 0.3 is 0 Å². The summed E-state index contributed by atoms with van der Waals surface area (Å²) in [5.74, 6) is 0.520. The fraction of sp³-hybridized carbons (Fsp3) is 0.360. The predicted molar refractivity (Wildman–Crippen MR) is 137 cm³/mol. The first-order valence-electron chi connectivity index (χ1n) is 11.1. The van der Waals surface area contributed by atoms with E-state index in [0.717, 1.165) is 37.3 Å². The summed E-state index contributed by atoms with van der Waals surface area (Å²) in [7, 11) is 4.09. The number of hydrogen-bond donors (Lipinski definition) is 1. The molecule has 2 heterocycles. The zero-order valence-corrected chi connectivity index (χ0v) is 20.7. The molecular formula is C25H29Cl2N5O. The molecule has 1 aromatic heterocycles. The molecule has 4 rings (SSSR count). The Balaban J connectivity index is 1.50. The third-order valence-electron chi connectivity index (χ3n) is 6.23. The highest BCUT2D eigenvalue weighted by Gasteiger charge is 2.16. The van der Waals surface area contributed by atoms with Gasteiger partial charge in [0.1, 0.15) is 0 Å². The fourth-order valence-electron chi connectivity index (χ4n) is 4.01. The van der Waals surface area contributed by atoms with E-state index < -0.39 is 0 Å². The number of benzene rings is 2. The number of piperazine rings is 1. The number of hydrogen-bond acceptors (Lipinski definition) is 5. The minimum Gasteiger partial charge on any atom is -0.369 e. The molecule has 0 bridgehead atoms. The van der Waals surface area contributed by atoms with Gasteiger partial charge in [-0.25, -0.2) is 4.98 Å². The molecule has 0 radical (unpaired) electrons. The molecule has 3 aromatic rings. The van der Waals surface area contributed by atoms with Crippen molar-refractivity contribution < 1.29 is 0 Å². The first kappa shape index (κ1) is 23.6. The van der Waals surface area contributed by atoms with Crippen molar-refractivity contribution in [2.75, 3.05) is 50.1 Å². The molecular weight excluding hydrogens is 457 g/mol. The summed E-state index contributed by atoms with van der Waals surface area (Å²) < 4.78 is 0. The molecule has 1 aliphatic rings. The van der Waals surface area contributed by atoms with Crippen LogP contribution in [0.25, 0.3) is 0 Å². The quantitative estimate of drug-likeness (QED) is 0.561. The van der Waals surface area contributed by atoms with Crippen molar-refractivity contribution in [3.05, 3.63) is 85.2 Å². The maximum Gasteiger partial charge on any atom is 0.255 e. The van der Waals surface area contributed by atoms with E-state index in [1.807, 2.05) is 11.9 Å². The summed E-state index contributed by atoms with van der Waals surface area (Å²) in [6, 6.07) is 14.0. The van der Waals surface area contributed by atoms with Crippen LogP contribution >= 0.6 is 23.2 Å². The Morgan fingerprint density at radius 1 is 1.03 bits per heavy atom. The van der Waals surface area contributed by atoms with E-state index in [1.165, 1.54) is 5.69 Å². The van der Waals surface area contributed by atoms with Crippen molar-refractivity contribution in [3.8, 4) is 0 Å². The molecule has 0 unspecified atom stereocenters. The first-order chi connectivity index (χ1) is 15.8. The summed E-state index contributed by atoms with van der Waals surface area (Å²) in [5, 5.41) is 1.14. The van der Waals surface area contributed by atoms with Crippen LogP contribution in [0.15, 0.2) is 47.3 Å². The number of halogens is 2. The lowest BCUT2D eigenvalue weighted by atomic mass is 10.1. The minimum atomic E-state index is -0.157. The number of nitrogens with zero attached hydrogens (tertiary/aromatic N) is 4. The van der Waals surface area contributed by atoms with Crippen LogP contribution in [-0.2, 0) is 13.0 Å². The smallest absolute Gasteiger partial charge is 0.255 e. The van der Waals surface area contributed by atoms with Crippen LogP contribution in [0.4, 0.5) is 11.6 Å². The van der Waals surface area contributed by atoms with Crippen LogP contribution in [0, 0.1) is 6.92 Å². The number of rotatable bonds is 6. The van der Waals surface area contributed by atoms with Crippen molar-refractivity contribution in [2.24, 2.45) is 0 Å². The molecule has 1 N–H and O–H groups in total. The zero-order valence-electron chi connectivity index (χ0n) is 19.2. The third-order valence-corrected chi connectivity index (χ3v) is 6.94.